The van der Waals surface area contributed by atoms with Gasteiger partial charge in [0, 0.05) is 31.0 Å². The predicted octanol–water partition coefficient (Wildman–Crippen LogP) is 2.89. The summed E-state index contributed by atoms with van der Waals surface area (Å²) >= 11 is 0. The van der Waals surface area contributed by atoms with Gasteiger partial charge in [-0.2, -0.15) is 5.10 Å². The first-order valence-electron chi connectivity index (χ1n) is 8.29. The first-order chi connectivity index (χ1) is 12.2. The maximum atomic E-state index is 13.1. The fourth-order valence-electron chi connectivity index (χ4n) is 3.23. The Morgan fingerprint density at radius 3 is 2.84 bits per heavy atom. The summed E-state index contributed by atoms with van der Waals surface area (Å²) in [5.41, 5.74) is 2.22. The molecule has 6 nitrogen and oxygen atoms in total. The van der Waals surface area contributed by atoms with Gasteiger partial charge >= 0.3 is 0 Å². The summed E-state index contributed by atoms with van der Waals surface area (Å²) in [4.78, 5) is 18.9. The van der Waals surface area contributed by atoms with E-state index in [1.807, 2.05) is 17.2 Å². The number of likely N-dealkylation sites (tertiary alicyclic amines) is 1. The van der Waals surface area contributed by atoms with Gasteiger partial charge in [0.15, 0.2) is 0 Å². The number of amides is 1. The molecule has 1 fully saturated rings. The van der Waals surface area contributed by atoms with Gasteiger partial charge in [0.1, 0.15) is 11.5 Å². The molecule has 128 valence electrons. The number of piperidine rings is 1. The molecule has 1 unspecified atom stereocenters. The van der Waals surface area contributed by atoms with Crippen molar-refractivity contribution in [3.63, 3.8) is 0 Å². The van der Waals surface area contributed by atoms with E-state index in [0.717, 1.165) is 30.8 Å². The molecule has 0 spiro atoms. The molecule has 1 atom stereocenters. The highest BCUT2D eigenvalue weighted by molar-refractivity contribution is 5.94. The number of aromatic amines is 1. The smallest absolute Gasteiger partial charge is 0.253 e. The molecule has 2 aromatic heterocycles. The van der Waals surface area contributed by atoms with E-state index >= 15 is 0 Å². The van der Waals surface area contributed by atoms with E-state index in [9.17, 15) is 9.18 Å². The van der Waals surface area contributed by atoms with Crippen LogP contribution in [0.3, 0.4) is 0 Å². The molecule has 1 saturated heterocycles. The Morgan fingerprint density at radius 2 is 2.08 bits per heavy atom. The Hall–Kier alpha value is -2.96. The summed E-state index contributed by atoms with van der Waals surface area (Å²) < 4.78 is 15.1. The zero-order valence-corrected chi connectivity index (χ0v) is 13.6. The summed E-state index contributed by atoms with van der Waals surface area (Å²) in [6.07, 6.45) is 7.38. The number of halogens is 1. The van der Waals surface area contributed by atoms with Crippen LogP contribution >= 0.6 is 0 Å². The number of rotatable bonds is 3. The number of carbonyl (C=O) groups excluding carboxylic acids is 1. The van der Waals surface area contributed by atoms with Gasteiger partial charge in [0.2, 0.25) is 0 Å². The molecule has 0 radical (unpaired) electrons. The average molecular weight is 339 g/mol. The molecule has 4 rings (SSSR count). The minimum Gasteiger partial charge on any atom is -0.337 e. The lowest BCUT2D eigenvalue weighted by Crippen LogP contribution is -2.40. The van der Waals surface area contributed by atoms with Crippen molar-refractivity contribution in [3.8, 4) is 11.4 Å². The van der Waals surface area contributed by atoms with Crippen LogP contribution in [0.5, 0.6) is 0 Å². The Labute approximate surface area is 144 Å². The van der Waals surface area contributed by atoms with Crippen LogP contribution in [0.25, 0.3) is 11.4 Å². The van der Waals surface area contributed by atoms with E-state index in [0.29, 0.717) is 12.1 Å². The molecular formula is C18H18FN5O. The van der Waals surface area contributed by atoms with Crippen molar-refractivity contribution < 1.29 is 9.18 Å². The van der Waals surface area contributed by atoms with Crippen LogP contribution in [0, 0.1) is 5.82 Å². The highest BCUT2D eigenvalue weighted by atomic mass is 19.1. The Bertz CT molecular complexity index is 856. The van der Waals surface area contributed by atoms with Crippen LogP contribution in [-0.2, 0) is 0 Å². The molecule has 3 heterocycles. The molecule has 1 N–H and O–H groups in total. The zero-order valence-electron chi connectivity index (χ0n) is 13.6. The maximum Gasteiger partial charge on any atom is 0.253 e. The first-order valence-corrected chi connectivity index (χ1v) is 8.29. The van der Waals surface area contributed by atoms with Gasteiger partial charge in [-0.1, -0.05) is 0 Å². The first kappa shape index (κ1) is 15.6. The van der Waals surface area contributed by atoms with Gasteiger partial charge in [0.25, 0.3) is 5.91 Å². The largest absolute Gasteiger partial charge is 0.337 e. The number of benzene rings is 1. The second kappa shape index (κ2) is 6.51. The van der Waals surface area contributed by atoms with Crippen LogP contribution in [0.15, 0.2) is 49.1 Å². The van der Waals surface area contributed by atoms with Crippen molar-refractivity contribution in [1.29, 1.82) is 0 Å². The molecule has 1 aliphatic heterocycles. The van der Waals surface area contributed by atoms with Crippen LogP contribution in [-0.4, -0.2) is 43.6 Å². The third-order valence-corrected chi connectivity index (χ3v) is 4.57. The minimum absolute atomic E-state index is 0.0568. The molecule has 0 saturated carbocycles. The number of hydrogen-bond donors (Lipinski definition) is 1. The van der Waals surface area contributed by atoms with Crippen molar-refractivity contribution in [1.82, 2.24) is 24.6 Å². The van der Waals surface area contributed by atoms with E-state index < -0.39 is 0 Å². The Balaban J connectivity index is 1.49. The molecule has 1 aromatic carbocycles. The molecule has 1 amide bonds. The third-order valence-electron chi connectivity index (χ3n) is 4.57. The lowest BCUT2D eigenvalue weighted by Gasteiger charge is -2.33. The fraction of sp³-hybridized carbons (Fsp3) is 0.278. The topological polar surface area (TPSA) is 66.8 Å². The van der Waals surface area contributed by atoms with Crippen LogP contribution in [0.1, 0.15) is 29.2 Å². The second-order valence-corrected chi connectivity index (χ2v) is 6.23. The summed E-state index contributed by atoms with van der Waals surface area (Å²) in [5.74, 6) is -0.392. The highest BCUT2D eigenvalue weighted by Gasteiger charge is 2.25. The van der Waals surface area contributed by atoms with E-state index in [1.165, 1.54) is 24.3 Å². The van der Waals surface area contributed by atoms with Crippen molar-refractivity contribution in [2.45, 2.75) is 18.9 Å². The number of carbonyl (C=O) groups is 1. The number of H-pyrrole nitrogens is 1. The standard InChI is InChI=1S/C18H18FN5O/c19-14-5-3-13(4-6-14)18(25)23-9-1-2-15(10-23)24-11-17(20-12-24)16-7-8-21-22-16/h3-8,11-12,15H,1-2,9-10H2,(H,21,22). The van der Waals surface area contributed by atoms with Gasteiger partial charge in [-0.15, -0.1) is 0 Å². The molecule has 1 aliphatic rings. The van der Waals surface area contributed by atoms with E-state index in [4.69, 9.17) is 0 Å². The quantitative estimate of drug-likeness (QED) is 0.798. The lowest BCUT2D eigenvalue weighted by molar-refractivity contribution is 0.0679. The molecular weight excluding hydrogens is 321 g/mol. The molecule has 7 heteroatoms. The number of imidazole rings is 1. The van der Waals surface area contributed by atoms with Gasteiger partial charge < -0.3 is 9.47 Å². The van der Waals surface area contributed by atoms with Crippen molar-refractivity contribution >= 4 is 5.91 Å². The van der Waals surface area contributed by atoms with Crippen molar-refractivity contribution in [2.24, 2.45) is 0 Å². The van der Waals surface area contributed by atoms with Gasteiger partial charge in [-0.25, -0.2) is 9.37 Å². The SMILES string of the molecule is O=C(c1ccc(F)cc1)N1CCCC(n2cnc(-c3ccn[nH]3)c2)C1. The van der Waals surface area contributed by atoms with Gasteiger partial charge in [-0.3, -0.25) is 9.89 Å². The number of aromatic nitrogens is 4. The van der Waals surface area contributed by atoms with Gasteiger partial charge in [0.05, 0.1) is 18.1 Å². The lowest BCUT2D eigenvalue weighted by atomic mass is 10.0. The monoisotopic (exact) mass is 339 g/mol. The summed E-state index contributed by atoms with van der Waals surface area (Å²) in [7, 11) is 0. The van der Waals surface area contributed by atoms with Crippen LogP contribution < -0.4 is 0 Å². The summed E-state index contributed by atoms with van der Waals surface area (Å²) in [6, 6.07) is 7.77. The molecule has 0 aliphatic carbocycles. The molecule has 3 aromatic rings. The van der Waals surface area contributed by atoms with Crippen molar-refractivity contribution in [3.05, 3.63) is 60.4 Å². The fourth-order valence-corrected chi connectivity index (χ4v) is 3.23. The minimum atomic E-state index is -0.335. The number of nitrogens with one attached hydrogen (secondary N) is 1. The van der Waals surface area contributed by atoms with Gasteiger partial charge in [-0.05, 0) is 43.2 Å². The Morgan fingerprint density at radius 1 is 1.24 bits per heavy atom. The summed E-state index contributed by atoms with van der Waals surface area (Å²) in [6.45, 7) is 1.34. The predicted molar refractivity (Wildman–Crippen MR) is 90.4 cm³/mol. The Kier molecular flexibility index (Phi) is 4.05. The normalized spacial score (nSPS) is 17.6. The number of hydrogen-bond acceptors (Lipinski definition) is 3. The summed E-state index contributed by atoms with van der Waals surface area (Å²) in [5, 5.41) is 6.84. The highest BCUT2D eigenvalue weighted by Crippen LogP contribution is 2.25. The van der Waals surface area contributed by atoms with Crippen LogP contribution in [0.4, 0.5) is 4.39 Å². The van der Waals surface area contributed by atoms with E-state index in [-0.39, 0.29) is 17.8 Å². The number of nitrogens with zero attached hydrogens (tertiary/aromatic N) is 4. The van der Waals surface area contributed by atoms with Crippen LogP contribution in [0.2, 0.25) is 0 Å². The molecule has 0 bridgehead atoms. The van der Waals surface area contributed by atoms with E-state index in [1.54, 1.807) is 12.5 Å². The average Bonchev–Trinajstić information content (AvgIpc) is 3.33. The maximum absolute atomic E-state index is 13.1. The zero-order chi connectivity index (χ0) is 17.2. The van der Waals surface area contributed by atoms with E-state index in [2.05, 4.69) is 19.7 Å². The molecule has 25 heavy (non-hydrogen) atoms. The third kappa shape index (κ3) is 3.17. The van der Waals surface area contributed by atoms with Crippen molar-refractivity contribution in [2.75, 3.05) is 13.1 Å². The second-order valence-electron chi connectivity index (χ2n) is 6.23.